The molecule has 4 heterocycles. The van der Waals surface area contributed by atoms with Crippen LogP contribution in [0.3, 0.4) is 0 Å². The van der Waals surface area contributed by atoms with Crippen molar-refractivity contribution in [3.05, 3.63) is 88.0 Å². The number of non-ortho nitro benzene ring substituents is 1. The van der Waals surface area contributed by atoms with Crippen molar-refractivity contribution in [2.45, 2.75) is 75.7 Å². The van der Waals surface area contributed by atoms with Gasteiger partial charge in [-0.1, -0.05) is 38.1 Å². The van der Waals surface area contributed by atoms with E-state index in [-0.39, 0.29) is 61.9 Å². The van der Waals surface area contributed by atoms with E-state index in [4.69, 9.17) is 28.4 Å². The maximum atomic E-state index is 14.5. The zero-order chi connectivity index (χ0) is 38.4. The Kier molecular flexibility index (Phi) is 10.3. The number of nitrogens with zero attached hydrogens (tertiary/aromatic N) is 3. The Morgan fingerprint density at radius 2 is 1.81 bits per heavy atom. The van der Waals surface area contributed by atoms with Gasteiger partial charge in [-0.05, 0) is 68.0 Å². The predicted octanol–water partition coefficient (Wildman–Crippen LogP) is 5.65. The van der Waals surface area contributed by atoms with E-state index in [0.717, 1.165) is 5.56 Å². The second kappa shape index (κ2) is 14.6. The van der Waals surface area contributed by atoms with Crippen LogP contribution in [0.1, 0.15) is 45.2 Å². The molecule has 3 aromatic rings. The van der Waals surface area contributed by atoms with E-state index in [0.29, 0.717) is 35.8 Å². The van der Waals surface area contributed by atoms with Gasteiger partial charge in [0.25, 0.3) is 5.69 Å². The van der Waals surface area contributed by atoms with Gasteiger partial charge in [-0.15, -0.1) is 0 Å². The maximum absolute atomic E-state index is 14.5. The highest BCUT2D eigenvalue weighted by molar-refractivity contribution is 7.89. The number of carbonyl (C=O) groups is 1. The molecule has 5 atom stereocenters. The first kappa shape index (κ1) is 37.8. The number of nitro groups is 1. The molecule has 3 aromatic carbocycles. The lowest BCUT2D eigenvalue weighted by molar-refractivity contribution is -0.384. The summed E-state index contributed by atoms with van der Waals surface area (Å²) in [5.74, 6) is 0.653. The Hall–Kier alpha value is -4.48. The summed E-state index contributed by atoms with van der Waals surface area (Å²) in [6.45, 7) is 7.99. The number of hydrogen-bond acceptors (Lipinski definition) is 11. The van der Waals surface area contributed by atoms with Crippen molar-refractivity contribution in [3.63, 3.8) is 0 Å². The Morgan fingerprint density at radius 3 is 2.54 bits per heavy atom. The number of nitro benzene ring substituents is 1. The van der Waals surface area contributed by atoms with Gasteiger partial charge in [0.2, 0.25) is 16.8 Å². The summed E-state index contributed by atoms with van der Waals surface area (Å²) in [7, 11) is -4.14. The largest absolute Gasteiger partial charge is 0.489 e. The second-order valence-electron chi connectivity index (χ2n) is 15.1. The quantitative estimate of drug-likeness (QED) is 0.167. The Labute approximate surface area is 313 Å². The van der Waals surface area contributed by atoms with Crippen LogP contribution in [0.25, 0.3) is 0 Å². The fourth-order valence-electron chi connectivity index (χ4n) is 8.47. The first-order valence-corrected chi connectivity index (χ1v) is 19.4. The highest BCUT2D eigenvalue weighted by Crippen LogP contribution is 2.53. The number of benzene rings is 3. The zero-order valence-electron chi connectivity index (χ0n) is 30.6. The summed E-state index contributed by atoms with van der Waals surface area (Å²) in [4.78, 5) is 25.7. The van der Waals surface area contributed by atoms with Crippen molar-refractivity contribution in [1.82, 2.24) is 9.21 Å². The molecule has 0 radical (unpaired) electrons. The monoisotopic (exact) mass is 767 g/mol. The standard InChI is InChI=1S/C38H45N3O12S/c1-24(2)19-39(54(46,47)29-12-13-32-33(17-29)52-23-51-32)20-34-38(40(36(42)43)37(3,4)53-34,31-22-50-35-30(31)14-15-48-35)18-25-8-10-28(11-9-25)49-21-26-6-5-7-27(16-26)41(44)45/h5-13,16-17,24,30-31,34-35H,14-15,18-23H2,1-4H3,(H,42,43)/t30-,31+,34+,35+,38-/m0/s1. The molecule has 3 saturated heterocycles. The topological polar surface area (TPSA) is 176 Å². The van der Waals surface area contributed by atoms with Gasteiger partial charge in [0.05, 0.1) is 34.7 Å². The van der Waals surface area contributed by atoms with Gasteiger partial charge in [-0.2, -0.15) is 4.31 Å². The number of sulfonamides is 1. The summed E-state index contributed by atoms with van der Waals surface area (Å²) >= 11 is 0. The lowest BCUT2D eigenvalue weighted by Crippen LogP contribution is -2.65. The number of amides is 1. The third-order valence-electron chi connectivity index (χ3n) is 10.7. The normalized spacial score (nSPS) is 25.7. The molecule has 1 amide bonds. The molecule has 16 heteroatoms. The average molecular weight is 768 g/mol. The first-order chi connectivity index (χ1) is 25.7. The highest BCUT2D eigenvalue weighted by Gasteiger charge is 2.67. The minimum Gasteiger partial charge on any atom is -0.489 e. The van der Waals surface area contributed by atoms with Crippen molar-refractivity contribution in [3.8, 4) is 17.2 Å². The van der Waals surface area contributed by atoms with E-state index >= 15 is 0 Å². The lowest BCUT2D eigenvalue weighted by atomic mass is 9.69. The van der Waals surface area contributed by atoms with Crippen LogP contribution in [0.4, 0.5) is 10.5 Å². The van der Waals surface area contributed by atoms with Gasteiger partial charge in [-0.25, -0.2) is 13.2 Å². The number of fused-ring (bicyclic) bond motifs is 2. The third kappa shape index (κ3) is 7.08. The molecule has 7 rings (SSSR count). The highest BCUT2D eigenvalue weighted by atomic mass is 32.2. The van der Waals surface area contributed by atoms with E-state index in [1.54, 1.807) is 44.2 Å². The number of carboxylic acid groups (broad SMARTS) is 1. The van der Waals surface area contributed by atoms with Gasteiger partial charge in [0.1, 0.15) is 18.1 Å². The van der Waals surface area contributed by atoms with Crippen LogP contribution < -0.4 is 14.2 Å². The fourth-order valence-corrected chi connectivity index (χ4v) is 10.1. The molecule has 0 saturated carbocycles. The summed E-state index contributed by atoms with van der Waals surface area (Å²) in [6.07, 6.45) is -1.82. The minimum atomic E-state index is -4.14. The summed E-state index contributed by atoms with van der Waals surface area (Å²) < 4.78 is 66.1. The predicted molar refractivity (Wildman–Crippen MR) is 193 cm³/mol. The van der Waals surface area contributed by atoms with E-state index in [1.165, 1.54) is 33.5 Å². The lowest BCUT2D eigenvalue weighted by Gasteiger charge is -2.47. The number of rotatable bonds is 13. The first-order valence-electron chi connectivity index (χ1n) is 18.0. The summed E-state index contributed by atoms with van der Waals surface area (Å²) in [5.41, 5.74) is -1.27. The number of ether oxygens (including phenoxy) is 6. The zero-order valence-corrected chi connectivity index (χ0v) is 31.4. The molecule has 3 fully saturated rings. The Bertz CT molecular complexity index is 1990. The van der Waals surface area contributed by atoms with Crippen LogP contribution in [0.15, 0.2) is 71.6 Å². The van der Waals surface area contributed by atoms with Gasteiger partial charge in [0.15, 0.2) is 17.8 Å². The van der Waals surface area contributed by atoms with Crippen molar-refractivity contribution >= 4 is 21.8 Å². The van der Waals surface area contributed by atoms with Crippen LogP contribution >= 0.6 is 0 Å². The van der Waals surface area contributed by atoms with Crippen LogP contribution in [-0.2, 0) is 37.3 Å². The smallest absolute Gasteiger partial charge is 0.410 e. The molecule has 0 aliphatic carbocycles. The summed E-state index contributed by atoms with van der Waals surface area (Å²) in [5, 5.41) is 22.3. The van der Waals surface area contributed by atoms with Crippen LogP contribution in [-0.4, -0.2) is 90.5 Å². The van der Waals surface area contributed by atoms with Crippen LogP contribution in [0.2, 0.25) is 0 Å². The molecule has 1 N–H and O–H groups in total. The molecule has 0 unspecified atom stereocenters. The van der Waals surface area contributed by atoms with Crippen molar-refractivity contribution in [2.75, 3.05) is 33.1 Å². The third-order valence-corrected chi connectivity index (χ3v) is 12.5. The minimum absolute atomic E-state index is 0.00661. The average Bonchev–Trinajstić information content (AvgIpc) is 3.91. The molecule has 54 heavy (non-hydrogen) atoms. The molecule has 0 aromatic heterocycles. The van der Waals surface area contributed by atoms with E-state index in [2.05, 4.69) is 0 Å². The molecule has 15 nitrogen and oxygen atoms in total. The molecule has 4 aliphatic rings. The second-order valence-corrected chi connectivity index (χ2v) is 17.0. The molecule has 4 aliphatic heterocycles. The maximum Gasteiger partial charge on any atom is 0.410 e. The number of hydrogen-bond donors (Lipinski definition) is 1. The summed E-state index contributed by atoms with van der Waals surface area (Å²) in [6, 6.07) is 18.0. The van der Waals surface area contributed by atoms with Gasteiger partial charge in [0, 0.05) is 43.1 Å². The SMILES string of the molecule is CC(C)CN(C[C@H]1OC(C)(C)N(C(=O)O)[C@@]1(Cc1ccc(OCc2cccc([N+](=O)[O-])c2)cc1)[C@@H]1CO[C@H]2OCC[C@H]21)S(=O)(=O)c1ccc2c(c1)OCO2. The molecule has 0 bridgehead atoms. The van der Waals surface area contributed by atoms with Gasteiger partial charge >= 0.3 is 6.09 Å². The van der Waals surface area contributed by atoms with Gasteiger partial charge < -0.3 is 33.5 Å². The Morgan fingerprint density at radius 1 is 1.06 bits per heavy atom. The molecule has 290 valence electrons. The van der Waals surface area contributed by atoms with Crippen LogP contribution in [0.5, 0.6) is 17.2 Å². The van der Waals surface area contributed by atoms with Crippen LogP contribution in [0, 0.1) is 27.9 Å². The van der Waals surface area contributed by atoms with Crippen molar-refractivity contribution in [1.29, 1.82) is 0 Å². The molecular weight excluding hydrogens is 722 g/mol. The fraction of sp³-hybridized carbons (Fsp3) is 0.500. The van der Waals surface area contributed by atoms with Crippen molar-refractivity contribution < 1.29 is 51.7 Å². The molecule has 0 spiro atoms. The molecular formula is C38H45N3O12S. The van der Waals surface area contributed by atoms with E-state index < -0.39 is 50.6 Å². The Balaban J connectivity index is 1.25. The van der Waals surface area contributed by atoms with Gasteiger partial charge in [-0.3, -0.25) is 15.0 Å². The van der Waals surface area contributed by atoms with E-state index in [9.17, 15) is 28.4 Å². The van der Waals surface area contributed by atoms with Crippen molar-refractivity contribution in [2.24, 2.45) is 17.8 Å². The van der Waals surface area contributed by atoms with E-state index in [1.807, 2.05) is 26.0 Å².